The molecule has 106 valence electrons. The summed E-state index contributed by atoms with van der Waals surface area (Å²) in [5.41, 5.74) is 5.95. The Hall–Kier alpha value is -1.73. The van der Waals surface area contributed by atoms with Crippen LogP contribution in [-0.2, 0) is 11.4 Å². The van der Waals surface area contributed by atoms with Gasteiger partial charge in [0.15, 0.2) is 6.61 Å². The SMILES string of the molecule is Cc1cc(OCc2nnc(SCC(N)=O)o2)ccc1Cl. The Morgan fingerprint density at radius 1 is 1.50 bits per heavy atom. The summed E-state index contributed by atoms with van der Waals surface area (Å²) in [5, 5.41) is 8.55. The van der Waals surface area contributed by atoms with Gasteiger partial charge in [-0.3, -0.25) is 4.79 Å². The number of nitrogens with zero attached hydrogens (tertiary/aromatic N) is 2. The predicted molar refractivity (Wildman–Crippen MR) is 74.7 cm³/mol. The number of aromatic nitrogens is 2. The first-order valence-corrected chi connectivity index (χ1v) is 7.03. The quantitative estimate of drug-likeness (QED) is 0.822. The van der Waals surface area contributed by atoms with Crippen LogP contribution in [0.5, 0.6) is 5.75 Å². The highest BCUT2D eigenvalue weighted by molar-refractivity contribution is 7.99. The molecule has 2 aromatic rings. The summed E-state index contributed by atoms with van der Waals surface area (Å²) in [6, 6.07) is 5.34. The molecule has 1 heterocycles. The molecule has 0 unspecified atom stereocenters. The van der Waals surface area contributed by atoms with Gasteiger partial charge in [0.2, 0.25) is 5.91 Å². The molecule has 0 saturated carbocycles. The van der Waals surface area contributed by atoms with Crippen LogP contribution >= 0.6 is 23.4 Å². The standard InChI is InChI=1S/C12H12ClN3O3S/c1-7-4-8(2-3-9(7)13)18-5-11-15-16-12(19-11)20-6-10(14)17/h2-4H,5-6H2,1H3,(H2,14,17). The molecule has 0 bridgehead atoms. The van der Waals surface area contributed by atoms with Gasteiger partial charge in [-0.15, -0.1) is 10.2 Å². The van der Waals surface area contributed by atoms with Gasteiger partial charge in [0, 0.05) is 5.02 Å². The van der Waals surface area contributed by atoms with Crippen LogP contribution in [-0.4, -0.2) is 21.9 Å². The summed E-state index contributed by atoms with van der Waals surface area (Å²) in [7, 11) is 0. The number of thioether (sulfide) groups is 1. The van der Waals surface area contributed by atoms with E-state index in [-0.39, 0.29) is 17.6 Å². The van der Waals surface area contributed by atoms with Gasteiger partial charge >= 0.3 is 0 Å². The fourth-order valence-corrected chi connectivity index (χ4v) is 1.98. The summed E-state index contributed by atoms with van der Waals surface area (Å²) in [4.78, 5) is 10.6. The fourth-order valence-electron chi connectivity index (χ4n) is 1.34. The van der Waals surface area contributed by atoms with Crippen molar-refractivity contribution >= 4 is 29.3 Å². The Labute approximate surface area is 124 Å². The summed E-state index contributed by atoms with van der Waals surface area (Å²) in [5.74, 6) is 0.641. The molecule has 1 aromatic carbocycles. The number of ether oxygens (including phenoxy) is 1. The van der Waals surface area contributed by atoms with E-state index in [1.54, 1.807) is 12.1 Å². The molecule has 0 aliphatic rings. The Morgan fingerprint density at radius 3 is 3.00 bits per heavy atom. The van der Waals surface area contributed by atoms with Crippen LogP contribution in [0.1, 0.15) is 11.5 Å². The zero-order valence-corrected chi connectivity index (χ0v) is 12.2. The lowest BCUT2D eigenvalue weighted by molar-refractivity contribution is -0.115. The maximum Gasteiger partial charge on any atom is 0.277 e. The molecular weight excluding hydrogens is 302 g/mol. The molecule has 0 fully saturated rings. The number of hydrogen-bond acceptors (Lipinski definition) is 6. The normalized spacial score (nSPS) is 10.5. The van der Waals surface area contributed by atoms with Gasteiger partial charge in [-0.05, 0) is 30.7 Å². The lowest BCUT2D eigenvalue weighted by Crippen LogP contribution is -2.12. The van der Waals surface area contributed by atoms with Crippen molar-refractivity contribution in [1.82, 2.24) is 10.2 Å². The van der Waals surface area contributed by atoms with E-state index in [1.807, 2.05) is 13.0 Å². The van der Waals surface area contributed by atoms with E-state index < -0.39 is 5.91 Å². The van der Waals surface area contributed by atoms with Gasteiger partial charge in [0.05, 0.1) is 5.75 Å². The molecule has 0 aliphatic carbocycles. The van der Waals surface area contributed by atoms with Crippen LogP contribution in [0.2, 0.25) is 5.02 Å². The van der Waals surface area contributed by atoms with Gasteiger partial charge in [0.25, 0.3) is 11.1 Å². The second-order valence-corrected chi connectivity index (χ2v) is 5.25. The first kappa shape index (κ1) is 14.7. The molecule has 0 atom stereocenters. The number of aryl methyl sites for hydroxylation is 1. The third-order valence-corrected chi connectivity index (χ3v) is 3.54. The molecule has 0 spiro atoms. The van der Waals surface area contributed by atoms with Crippen molar-refractivity contribution in [3.05, 3.63) is 34.7 Å². The molecule has 1 aromatic heterocycles. The minimum absolute atomic E-state index is 0.0961. The van der Waals surface area contributed by atoms with E-state index in [2.05, 4.69) is 10.2 Å². The number of amides is 1. The number of halogens is 1. The molecule has 0 saturated heterocycles. The zero-order chi connectivity index (χ0) is 14.5. The van der Waals surface area contributed by atoms with E-state index in [1.165, 1.54) is 0 Å². The number of hydrogen-bond donors (Lipinski definition) is 1. The number of rotatable bonds is 6. The second kappa shape index (κ2) is 6.62. The predicted octanol–water partition coefficient (Wildman–Crippen LogP) is 2.19. The van der Waals surface area contributed by atoms with Crippen molar-refractivity contribution in [2.45, 2.75) is 18.8 Å². The number of benzene rings is 1. The van der Waals surface area contributed by atoms with Crippen molar-refractivity contribution in [3.63, 3.8) is 0 Å². The number of primary amides is 1. The van der Waals surface area contributed by atoms with E-state index in [0.29, 0.717) is 16.7 Å². The van der Waals surface area contributed by atoms with Crippen molar-refractivity contribution in [1.29, 1.82) is 0 Å². The second-order valence-electron chi connectivity index (χ2n) is 3.92. The number of carbonyl (C=O) groups excluding carboxylic acids is 1. The van der Waals surface area contributed by atoms with Crippen LogP contribution in [0, 0.1) is 6.92 Å². The molecule has 20 heavy (non-hydrogen) atoms. The monoisotopic (exact) mass is 313 g/mol. The van der Waals surface area contributed by atoms with Crippen LogP contribution < -0.4 is 10.5 Å². The third-order valence-electron chi connectivity index (χ3n) is 2.28. The van der Waals surface area contributed by atoms with Crippen molar-refractivity contribution in [2.24, 2.45) is 5.73 Å². The Bertz CT molecular complexity index is 618. The molecule has 0 aliphatic heterocycles. The first-order chi connectivity index (χ1) is 9.54. The lowest BCUT2D eigenvalue weighted by Gasteiger charge is -2.05. The van der Waals surface area contributed by atoms with E-state index in [4.69, 9.17) is 26.5 Å². The van der Waals surface area contributed by atoms with Crippen LogP contribution in [0.3, 0.4) is 0 Å². The summed E-state index contributed by atoms with van der Waals surface area (Å²) < 4.78 is 10.8. The zero-order valence-electron chi connectivity index (χ0n) is 10.6. The highest BCUT2D eigenvalue weighted by Crippen LogP contribution is 2.22. The minimum Gasteiger partial charge on any atom is -0.484 e. The average molecular weight is 314 g/mol. The third kappa shape index (κ3) is 4.14. The van der Waals surface area contributed by atoms with E-state index in [9.17, 15) is 4.79 Å². The molecule has 0 radical (unpaired) electrons. The van der Waals surface area contributed by atoms with Gasteiger partial charge < -0.3 is 14.9 Å². The van der Waals surface area contributed by atoms with Crippen molar-refractivity contribution < 1.29 is 13.9 Å². The van der Waals surface area contributed by atoms with Gasteiger partial charge in [-0.1, -0.05) is 23.4 Å². The highest BCUT2D eigenvalue weighted by Gasteiger charge is 2.09. The lowest BCUT2D eigenvalue weighted by atomic mass is 10.2. The Kier molecular flexibility index (Phi) is 4.86. The van der Waals surface area contributed by atoms with Crippen molar-refractivity contribution in [3.8, 4) is 5.75 Å². The topological polar surface area (TPSA) is 91.2 Å². The van der Waals surface area contributed by atoms with Crippen LogP contribution in [0.15, 0.2) is 27.8 Å². The van der Waals surface area contributed by atoms with E-state index >= 15 is 0 Å². The first-order valence-electron chi connectivity index (χ1n) is 5.67. The van der Waals surface area contributed by atoms with Gasteiger partial charge in [-0.2, -0.15) is 0 Å². The average Bonchev–Trinajstić information content (AvgIpc) is 2.86. The van der Waals surface area contributed by atoms with Crippen molar-refractivity contribution in [2.75, 3.05) is 5.75 Å². The number of carbonyl (C=O) groups is 1. The Morgan fingerprint density at radius 2 is 2.30 bits per heavy atom. The molecule has 6 nitrogen and oxygen atoms in total. The van der Waals surface area contributed by atoms with Crippen LogP contribution in [0.4, 0.5) is 0 Å². The molecule has 2 N–H and O–H groups in total. The largest absolute Gasteiger partial charge is 0.484 e. The molecular formula is C12H12ClN3O3S. The smallest absolute Gasteiger partial charge is 0.277 e. The molecule has 1 amide bonds. The minimum atomic E-state index is -0.442. The maximum absolute atomic E-state index is 10.6. The number of nitrogens with two attached hydrogens (primary N) is 1. The fraction of sp³-hybridized carbons (Fsp3) is 0.250. The Balaban J connectivity index is 1.90. The highest BCUT2D eigenvalue weighted by atomic mass is 35.5. The van der Waals surface area contributed by atoms with Gasteiger partial charge in [-0.25, -0.2) is 0 Å². The van der Waals surface area contributed by atoms with Crippen LogP contribution in [0.25, 0.3) is 0 Å². The molecule has 2 rings (SSSR count). The summed E-state index contributed by atoms with van der Waals surface area (Å²) in [6.07, 6.45) is 0. The summed E-state index contributed by atoms with van der Waals surface area (Å²) in [6.45, 7) is 2.03. The van der Waals surface area contributed by atoms with Gasteiger partial charge in [0.1, 0.15) is 5.75 Å². The summed E-state index contributed by atoms with van der Waals surface area (Å²) >= 11 is 7.01. The van der Waals surface area contributed by atoms with E-state index in [0.717, 1.165) is 17.3 Å². The molecule has 8 heteroatoms. The maximum atomic E-state index is 10.6.